The van der Waals surface area contributed by atoms with Gasteiger partial charge in [0, 0.05) is 25.6 Å². The van der Waals surface area contributed by atoms with Crippen LogP contribution in [0, 0.1) is 10.1 Å². The Labute approximate surface area is 187 Å². The summed E-state index contributed by atoms with van der Waals surface area (Å²) < 4.78 is 2.57. The summed E-state index contributed by atoms with van der Waals surface area (Å²) in [6, 6.07) is -1.03. The van der Waals surface area contributed by atoms with Crippen LogP contribution in [0.2, 0.25) is 0 Å². The molecule has 0 saturated carbocycles. The molecule has 0 radical (unpaired) electrons. The van der Waals surface area contributed by atoms with Crippen LogP contribution in [0.1, 0.15) is 10.5 Å². The molecule has 0 bridgehead atoms. The highest BCUT2D eigenvalue weighted by Crippen LogP contribution is 2.41. The number of thioether (sulfide) groups is 2. The van der Waals surface area contributed by atoms with Gasteiger partial charge in [-0.15, -0.1) is 16.9 Å². The van der Waals surface area contributed by atoms with Gasteiger partial charge < -0.3 is 10.4 Å². The van der Waals surface area contributed by atoms with Gasteiger partial charge in [0.15, 0.2) is 0 Å². The first-order valence-electron chi connectivity index (χ1n) is 8.93. The van der Waals surface area contributed by atoms with Crippen LogP contribution in [0.25, 0.3) is 0 Å². The summed E-state index contributed by atoms with van der Waals surface area (Å²) in [6.07, 6.45) is 1.08. The fourth-order valence-corrected chi connectivity index (χ4v) is 5.61. The minimum atomic E-state index is -1.26. The Hall–Kier alpha value is -3.47. The Bertz CT molecular complexity index is 1170. The van der Waals surface area contributed by atoms with Crippen molar-refractivity contribution in [2.75, 3.05) is 11.5 Å². The van der Waals surface area contributed by atoms with Gasteiger partial charge in [-0.1, -0.05) is 11.8 Å². The predicted molar refractivity (Wildman–Crippen MR) is 108 cm³/mol. The number of aliphatic carboxylic acids is 1. The van der Waals surface area contributed by atoms with Gasteiger partial charge in [-0.3, -0.25) is 29.3 Å². The lowest BCUT2D eigenvalue weighted by molar-refractivity contribution is -0.385. The van der Waals surface area contributed by atoms with Crippen LogP contribution in [0.3, 0.4) is 0 Å². The highest BCUT2D eigenvalue weighted by molar-refractivity contribution is 8.01. The number of hydrogen-bond donors (Lipinski definition) is 2. The minimum Gasteiger partial charge on any atom is -0.477 e. The van der Waals surface area contributed by atoms with Crippen molar-refractivity contribution < 1.29 is 24.4 Å². The molecule has 4 heterocycles. The van der Waals surface area contributed by atoms with E-state index in [2.05, 4.69) is 25.9 Å². The van der Waals surface area contributed by atoms with Crippen molar-refractivity contribution in [2.45, 2.75) is 16.6 Å². The fourth-order valence-electron chi connectivity index (χ4n) is 3.27. The summed E-state index contributed by atoms with van der Waals surface area (Å²) in [5.41, 5.74) is -0.539. The molecule has 2 amide bonds. The Kier molecular flexibility index (Phi) is 5.59. The molecule has 2 atom stereocenters. The van der Waals surface area contributed by atoms with Crippen LogP contribution < -0.4 is 5.32 Å². The molecule has 2 aliphatic rings. The van der Waals surface area contributed by atoms with Crippen LogP contribution in [0.5, 0.6) is 0 Å². The number of rotatable bonds is 7. The normalized spacial score (nSPS) is 20.1. The van der Waals surface area contributed by atoms with E-state index in [-0.39, 0.29) is 11.4 Å². The van der Waals surface area contributed by atoms with Gasteiger partial charge in [-0.05, 0) is 16.0 Å². The second-order valence-electron chi connectivity index (χ2n) is 6.79. The Morgan fingerprint density at radius 1 is 1.44 bits per heavy atom. The number of aromatic nitrogens is 6. The van der Waals surface area contributed by atoms with Gasteiger partial charge in [0.25, 0.3) is 11.8 Å². The van der Waals surface area contributed by atoms with E-state index in [1.54, 1.807) is 7.05 Å². The number of carbonyl (C=O) groups excluding carboxylic acids is 2. The highest BCUT2D eigenvalue weighted by atomic mass is 32.2. The number of amides is 2. The number of nitro groups is 1. The summed E-state index contributed by atoms with van der Waals surface area (Å²) in [6.45, 7) is 0. The molecule has 15 nitrogen and oxygen atoms in total. The van der Waals surface area contributed by atoms with E-state index in [9.17, 15) is 29.6 Å². The first kappa shape index (κ1) is 21.8. The molecule has 32 heavy (non-hydrogen) atoms. The molecule has 17 heteroatoms. The van der Waals surface area contributed by atoms with Gasteiger partial charge in [-0.2, -0.15) is 5.10 Å². The average molecular weight is 481 g/mol. The SMILES string of the molecule is Cn1cc([N+](=O)[O-])c(C(=O)N[C@@H]2C(=O)N3C(C(=O)O)=C(CSc4nnnn4C)CS[C@@H]23)n1. The third kappa shape index (κ3) is 3.68. The minimum absolute atomic E-state index is 0.143. The molecule has 1 fully saturated rings. The van der Waals surface area contributed by atoms with Crippen LogP contribution in [0.15, 0.2) is 22.6 Å². The number of nitrogens with one attached hydrogen (secondary N) is 1. The van der Waals surface area contributed by atoms with Crippen molar-refractivity contribution in [3.8, 4) is 0 Å². The van der Waals surface area contributed by atoms with Gasteiger partial charge in [-0.25, -0.2) is 9.48 Å². The molecule has 0 aliphatic carbocycles. The van der Waals surface area contributed by atoms with Crippen molar-refractivity contribution in [3.05, 3.63) is 33.3 Å². The van der Waals surface area contributed by atoms with Crippen molar-refractivity contribution in [3.63, 3.8) is 0 Å². The highest BCUT2D eigenvalue weighted by Gasteiger charge is 2.54. The first-order valence-corrected chi connectivity index (χ1v) is 11.0. The maximum Gasteiger partial charge on any atom is 0.352 e. The number of carboxylic acid groups (broad SMARTS) is 1. The number of fused-ring (bicyclic) bond motifs is 1. The molecule has 1 saturated heterocycles. The third-order valence-electron chi connectivity index (χ3n) is 4.71. The van der Waals surface area contributed by atoms with Crippen LogP contribution in [-0.2, 0) is 23.7 Å². The van der Waals surface area contributed by atoms with Crippen molar-refractivity contribution in [2.24, 2.45) is 14.1 Å². The molecule has 2 aliphatic heterocycles. The largest absolute Gasteiger partial charge is 0.477 e. The monoisotopic (exact) mass is 481 g/mol. The lowest BCUT2D eigenvalue weighted by Gasteiger charge is -2.49. The number of nitrogens with zero attached hydrogens (tertiary/aromatic N) is 8. The summed E-state index contributed by atoms with van der Waals surface area (Å²) >= 11 is 2.52. The average Bonchev–Trinajstić information content (AvgIpc) is 3.34. The van der Waals surface area contributed by atoms with E-state index in [4.69, 9.17) is 0 Å². The van der Waals surface area contributed by atoms with Gasteiger partial charge in [0.1, 0.15) is 23.3 Å². The zero-order valence-electron chi connectivity index (χ0n) is 16.5. The molecule has 0 unspecified atom stereocenters. The van der Waals surface area contributed by atoms with Crippen LogP contribution in [-0.4, -0.2) is 85.6 Å². The molecular weight excluding hydrogens is 466 g/mol. The third-order valence-corrected chi connectivity index (χ3v) is 7.15. The molecule has 4 rings (SSSR count). The lowest BCUT2D eigenvalue weighted by atomic mass is 10.0. The molecular formula is C15H15N9O6S2. The maximum atomic E-state index is 12.7. The zero-order valence-corrected chi connectivity index (χ0v) is 18.2. The van der Waals surface area contributed by atoms with E-state index >= 15 is 0 Å². The van der Waals surface area contributed by atoms with E-state index in [0.29, 0.717) is 16.5 Å². The Morgan fingerprint density at radius 2 is 2.19 bits per heavy atom. The molecule has 0 aromatic carbocycles. The zero-order chi connectivity index (χ0) is 23.2. The lowest BCUT2D eigenvalue weighted by Crippen LogP contribution is -2.70. The summed E-state index contributed by atoms with van der Waals surface area (Å²) in [5.74, 6) is -2.19. The quantitative estimate of drug-likeness (QED) is 0.212. The second-order valence-corrected chi connectivity index (χ2v) is 8.83. The maximum absolute atomic E-state index is 12.7. The van der Waals surface area contributed by atoms with E-state index in [0.717, 1.165) is 15.8 Å². The van der Waals surface area contributed by atoms with E-state index in [1.807, 2.05) is 0 Å². The Morgan fingerprint density at radius 3 is 2.81 bits per heavy atom. The predicted octanol–water partition coefficient (Wildman–Crippen LogP) is -1.00. The number of hydrogen-bond acceptors (Lipinski definition) is 11. The first-order chi connectivity index (χ1) is 15.2. The number of carbonyl (C=O) groups is 3. The fraction of sp³-hybridized carbons (Fsp3) is 0.400. The summed E-state index contributed by atoms with van der Waals surface area (Å²) in [7, 11) is 3.08. The van der Waals surface area contributed by atoms with Crippen molar-refractivity contribution in [1.82, 2.24) is 40.2 Å². The smallest absolute Gasteiger partial charge is 0.352 e. The van der Waals surface area contributed by atoms with Crippen LogP contribution in [0.4, 0.5) is 5.69 Å². The Balaban J connectivity index is 1.51. The van der Waals surface area contributed by atoms with E-state index < -0.39 is 45.5 Å². The second kappa shape index (κ2) is 8.23. The number of carboxylic acids is 1. The van der Waals surface area contributed by atoms with Gasteiger partial charge in [0.2, 0.25) is 10.9 Å². The van der Waals surface area contributed by atoms with Gasteiger partial charge in [0.05, 0.1) is 4.92 Å². The van der Waals surface area contributed by atoms with Crippen LogP contribution >= 0.6 is 23.5 Å². The number of β-lactam (4-membered cyclic amide) rings is 1. The molecule has 168 valence electrons. The number of aryl methyl sites for hydroxylation is 2. The molecule has 2 aromatic heterocycles. The molecule has 2 N–H and O–H groups in total. The van der Waals surface area contributed by atoms with Gasteiger partial charge >= 0.3 is 11.7 Å². The molecule has 2 aromatic rings. The topological polar surface area (TPSA) is 191 Å². The standard InChI is InChI=1S/C15H15N9O6S2/c1-21-3-7(24(29)30)8(18-21)11(25)16-9-12(26)23-10(14(27)28)6(4-31-13(9)23)5-32-15-17-19-20-22(15)2/h3,9,13H,4-5H2,1-2H3,(H,16,25)(H,27,28)/t9-,13+/m1/s1. The van der Waals surface area contributed by atoms with Crippen molar-refractivity contribution in [1.29, 1.82) is 0 Å². The summed E-state index contributed by atoms with van der Waals surface area (Å²) in [5, 5.41) is 38.0. The van der Waals surface area contributed by atoms with Crippen molar-refractivity contribution >= 4 is 47.0 Å². The summed E-state index contributed by atoms with van der Waals surface area (Å²) in [4.78, 5) is 48.7. The molecule has 0 spiro atoms. The van der Waals surface area contributed by atoms with E-state index in [1.165, 1.54) is 35.3 Å². The number of tetrazole rings is 1.